The molecule has 2 unspecified atom stereocenters. The van der Waals surface area contributed by atoms with E-state index < -0.39 is 6.10 Å². The van der Waals surface area contributed by atoms with Gasteiger partial charge in [0, 0.05) is 13.5 Å². The van der Waals surface area contributed by atoms with Gasteiger partial charge in [0.15, 0.2) is 0 Å². The first-order valence-corrected chi connectivity index (χ1v) is 4.06. The van der Waals surface area contributed by atoms with Crippen molar-refractivity contribution in [3.8, 4) is 6.07 Å². The summed E-state index contributed by atoms with van der Waals surface area (Å²) in [7, 11) is 1.60. The Labute approximate surface area is 74.0 Å². The lowest BCUT2D eigenvalue weighted by Crippen LogP contribution is -2.31. The number of nitrogens with zero attached hydrogens (tertiary/aromatic N) is 1. The van der Waals surface area contributed by atoms with Crippen LogP contribution in [0.2, 0.25) is 0 Å². The highest BCUT2D eigenvalue weighted by Crippen LogP contribution is 2.19. The van der Waals surface area contributed by atoms with Gasteiger partial charge in [-0.3, -0.25) is 0 Å². The zero-order valence-corrected chi connectivity index (χ0v) is 8.16. The molecule has 0 rings (SSSR count). The Morgan fingerprint density at radius 2 is 2.08 bits per heavy atom. The van der Waals surface area contributed by atoms with Crippen molar-refractivity contribution in [1.29, 1.82) is 5.26 Å². The van der Waals surface area contributed by atoms with Crippen molar-refractivity contribution >= 4 is 0 Å². The van der Waals surface area contributed by atoms with Crippen molar-refractivity contribution in [3.63, 3.8) is 0 Å². The Bertz CT molecular complexity index is 172. The second-order valence-electron chi connectivity index (χ2n) is 3.65. The fourth-order valence-corrected chi connectivity index (χ4v) is 0.850. The Morgan fingerprint density at radius 3 is 2.42 bits per heavy atom. The summed E-state index contributed by atoms with van der Waals surface area (Å²) in [5.41, 5.74) is -0.357. The number of hydrogen-bond donors (Lipinski definition) is 1. The topological polar surface area (TPSA) is 53.2 Å². The van der Waals surface area contributed by atoms with E-state index in [1.165, 1.54) is 0 Å². The maximum atomic E-state index is 9.48. The van der Waals surface area contributed by atoms with Crippen LogP contribution in [0.1, 0.15) is 27.2 Å². The number of nitriles is 1. The van der Waals surface area contributed by atoms with Gasteiger partial charge >= 0.3 is 0 Å². The van der Waals surface area contributed by atoms with Gasteiger partial charge in [-0.1, -0.05) is 0 Å². The van der Waals surface area contributed by atoms with Gasteiger partial charge in [-0.15, -0.1) is 0 Å². The molecule has 70 valence electrons. The Kier molecular flexibility index (Phi) is 4.22. The third-order valence-electron chi connectivity index (χ3n) is 2.03. The van der Waals surface area contributed by atoms with Crippen LogP contribution in [0.3, 0.4) is 0 Å². The predicted octanol–water partition coefficient (Wildman–Crippen LogP) is 1.32. The van der Waals surface area contributed by atoms with Crippen molar-refractivity contribution in [1.82, 2.24) is 0 Å². The summed E-state index contributed by atoms with van der Waals surface area (Å²) in [6.07, 6.45) is -0.122. The lowest BCUT2D eigenvalue weighted by atomic mass is 9.94. The van der Waals surface area contributed by atoms with E-state index in [9.17, 15) is 5.11 Å². The SMILES string of the molecule is COC(C)(C)CC(O)C(C)C#N. The molecule has 0 bridgehead atoms. The molecule has 0 aromatic heterocycles. The lowest BCUT2D eigenvalue weighted by molar-refractivity contribution is -0.0266. The van der Waals surface area contributed by atoms with Gasteiger partial charge in [0.25, 0.3) is 0 Å². The van der Waals surface area contributed by atoms with Gasteiger partial charge in [-0.25, -0.2) is 0 Å². The standard InChI is InChI=1S/C9H17NO2/c1-7(6-10)8(11)5-9(2,3)12-4/h7-8,11H,5H2,1-4H3. The molecule has 0 aliphatic heterocycles. The Balaban J connectivity index is 4.01. The van der Waals surface area contributed by atoms with Gasteiger partial charge in [-0.2, -0.15) is 5.26 Å². The van der Waals surface area contributed by atoms with Gasteiger partial charge in [0.05, 0.1) is 23.7 Å². The fraction of sp³-hybridized carbons (Fsp3) is 0.889. The molecule has 0 spiro atoms. The van der Waals surface area contributed by atoms with Crippen molar-refractivity contribution in [2.75, 3.05) is 7.11 Å². The largest absolute Gasteiger partial charge is 0.392 e. The number of methoxy groups -OCH3 is 1. The molecule has 1 N–H and O–H groups in total. The van der Waals surface area contributed by atoms with Crippen LogP contribution in [0.15, 0.2) is 0 Å². The molecule has 0 aromatic carbocycles. The average molecular weight is 171 g/mol. The molecule has 12 heavy (non-hydrogen) atoms. The van der Waals surface area contributed by atoms with Crippen molar-refractivity contribution in [2.45, 2.75) is 38.9 Å². The number of hydrogen-bond acceptors (Lipinski definition) is 3. The van der Waals surface area contributed by atoms with E-state index in [0.717, 1.165) is 0 Å². The molecule has 0 aromatic rings. The van der Waals surface area contributed by atoms with Gasteiger partial charge < -0.3 is 9.84 Å². The van der Waals surface area contributed by atoms with Crippen LogP contribution >= 0.6 is 0 Å². The summed E-state index contributed by atoms with van der Waals surface area (Å²) in [6, 6.07) is 2.01. The van der Waals surface area contributed by atoms with E-state index in [1.807, 2.05) is 19.9 Å². The zero-order chi connectivity index (χ0) is 9.78. The monoisotopic (exact) mass is 171 g/mol. The molecule has 0 aliphatic rings. The first-order chi connectivity index (χ1) is 5.43. The number of aliphatic hydroxyl groups is 1. The molecule has 0 aliphatic carbocycles. The van der Waals surface area contributed by atoms with E-state index in [-0.39, 0.29) is 11.5 Å². The number of aliphatic hydroxyl groups excluding tert-OH is 1. The summed E-state index contributed by atoms with van der Waals surface area (Å²) in [6.45, 7) is 5.48. The van der Waals surface area contributed by atoms with Crippen molar-refractivity contribution < 1.29 is 9.84 Å². The molecule has 3 heteroatoms. The molecule has 0 heterocycles. The van der Waals surface area contributed by atoms with Crippen LogP contribution < -0.4 is 0 Å². The minimum Gasteiger partial charge on any atom is -0.392 e. The van der Waals surface area contributed by atoms with Crippen LogP contribution in [0, 0.1) is 17.2 Å². The number of rotatable bonds is 4. The highest BCUT2D eigenvalue weighted by Gasteiger charge is 2.24. The van der Waals surface area contributed by atoms with Gasteiger partial charge in [0.2, 0.25) is 0 Å². The molecular weight excluding hydrogens is 154 g/mol. The molecular formula is C9H17NO2. The zero-order valence-electron chi connectivity index (χ0n) is 8.16. The Hall–Kier alpha value is -0.590. The molecule has 3 nitrogen and oxygen atoms in total. The quantitative estimate of drug-likeness (QED) is 0.694. The van der Waals surface area contributed by atoms with Crippen LogP contribution in [0.25, 0.3) is 0 Å². The van der Waals surface area contributed by atoms with E-state index in [0.29, 0.717) is 6.42 Å². The van der Waals surface area contributed by atoms with E-state index in [1.54, 1.807) is 14.0 Å². The molecule has 0 radical (unpaired) electrons. The van der Waals surface area contributed by atoms with Crippen LogP contribution in [0.5, 0.6) is 0 Å². The Morgan fingerprint density at radius 1 is 1.58 bits per heavy atom. The second-order valence-corrected chi connectivity index (χ2v) is 3.65. The smallest absolute Gasteiger partial charge is 0.0722 e. The maximum Gasteiger partial charge on any atom is 0.0722 e. The summed E-state index contributed by atoms with van der Waals surface area (Å²) >= 11 is 0. The van der Waals surface area contributed by atoms with Crippen LogP contribution in [-0.2, 0) is 4.74 Å². The van der Waals surface area contributed by atoms with E-state index in [2.05, 4.69) is 0 Å². The van der Waals surface area contributed by atoms with Gasteiger partial charge in [-0.05, 0) is 20.8 Å². The predicted molar refractivity (Wildman–Crippen MR) is 46.5 cm³/mol. The van der Waals surface area contributed by atoms with Gasteiger partial charge in [0.1, 0.15) is 0 Å². The third kappa shape index (κ3) is 3.70. The van der Waals surface area contributed by atoms with Crippen molar-refractivity contribution in [2.24, 2.45) is 5.92 Å². The summed E-state index contributed by atoms with van der Waals surface area (Å²) in [4.78, 5) is 0. The van der Waals surface area contributed by atoms with Crippen LogP contribution in [0.4, 0.5) is 0 Å². The van der Waals surface area contributed by atoms with Crippen molar-refractivity contribution in [3.05, 3.63) is 0 Å². The minimum absolute atomic E-state index is 0.334. The average Bonchev–Trinajstić information content (AvgIpc) is 2.02. The summed E-state index contributed by atoms with van der Waals surface area (Å²) < 4.78 is 5.13. The molecule has 0 fully saturated rings. The van der Waals surface area contributed by atoms with Crippen LogP contribution in [-0.4, -0.2) is 23.9 Å². The first-order valence-electron chi connectivity index (χ1n) is 4.06. The molecule has 0 amide bonds. The molecule has 0 saturated carbocycles. The first kappa shape index (κ1) is 11.4. The second kappa shape index (κ2) is 4.44. The molecule has 0 saturated heterocycles. The highest BCUT2D eigenvalue weighted by molar-refractivity contribution is 4.87. The normalized spacial score (nSPS) is 16.7. The van der Waals surface area contributed by atoms with E-state index in [4.69, 9.17) is 10.00 Å². The highest BCUT2D eigenvalue weighted by atomic mass is 16.5. The maximum absolute atomic E-state index is 9.48. The van der Waals surface area contributed by atoms with E-state index >= 15 is 0 Å². The minimum atomic E-state index is -0.607. The third-order valence-corrected chi connectivity index (χ3v) is 2.03. The molecule has 2 atom stereocenters. The summed E-state index contributed by atoms with van der Waals surface area (Å²) in [5.74, 6) is -0.334. The summed E-state index contributed by atoms with van der Waals surface area (Å²) in [5, 5.41) is 18.0. The fourth-order valence-electron chi connectivity index (χ4n) is 0.850. The lowest BCUT2D eigenvalue weighted by Gasteiger charge is -2.26. The number of ether oxygens (including phenoxy) is 1.